The van der Waals surface area contributed by atoms with Crippen LogP contribution in [0.1, 0.15) is 74.2 Å². The van der Waals surface area contributed by atoms with Crippen LogP contribution in [0.3, 0.4) is 0 Å². The van der Waals surface area contributed by atoms with Crippen molar-refractivity contribution in [2.75, 3.05) is 19.0 Å². The van der Waals surface area contributed by atoms with Gasteiger partial charge in [-0.3, -0.25) is 4.79 Å². The van der Waals surface area contributed by atoms with E-state index in [9.17, 15) is 4.79 Å². The molecule has 0 atom stereocenters. The molecular weight excluding hydrogens is 534 g/mol. The van der Waals surface area contributed by atoms with E-state index < -0.39 is 0 Å². The Hall–Kier alpha value is -4.43. The Morgan fingerprint density at radius 3 is 1.34 bits per heavy atom. The van der Waals surface area contributed by atoms with Crippen molar-refractivity contribution in [2.45, 2.75) is 59.3 Å². The maximum absolute atomic E-state index is 14.4. The SMILES string of the molecule is Cc1c(-c2ccc(C(C)(C)C)cc2)c2c(c(-c3ccc(C(C)(C)C)cc3)c1-c1ccc(N(C)C)cc1)-c1ccccc1C2=O. The molecule has 0 fully saturated rings. The lowest BCUT2D eigenvalue weighted by molar-refractivity contribution is 0.104. The highest BCUT2D eigenvalue weighted by atomic mass is 16.1. The molecule has 5 aromatic rings. The number of benzene rings is 5. The van der Waals surface area contributed by atoms with Gasteiger partial charge >= 0.3 is 0 Å². The molecule has 0 spiro atoms. The van der Waals surface area contributed by atoms with Gasteiger partial charge in [-0.15, -0.1) is 0 Å². The molecule has 0 unspecified atom stereocenters. The van der Waals surface area contributed by atoms with Crippen LogP contribution in [0.25, 0.3) is 44.5 Å². The van der Waals surface area contributed by atoms with Crippen LogP contribution in [0.2, 0.25) is 0 Å². The minimum absolute atomic E-state index is 0.0456. The third-order valence-electron chi connectivity index (χ3n) is 9.17. The number of anilines is 1. The summed E-state index contributed by atoms with van der Waals surface area (Å²) in [5.41, 5.74) is 15.3. The minimum Gasteiger partial charge on any atom is -0.378 e. The molecule has 0 saturated carbocycles. The first-order valence-electron chi connectivity index (χ1n) is 15.6. The van der Waals surface area contributed by atoms with E-state index in [-0.39, 0.29) is 16.6 Å². The summed E-state index contributed by atoms with van der Waals surface area (Å²) in [4.78, 5) is 16.5. The molecule has 44 heavy (non-hydrogen) atoms. The Balaban J connectivity index is 1.74. The van der Waals surface area contributed by atoms with Gasteiger partial charge in [0.2, 0.25) is 0 Å². The van der Waals surface area contributed by atoms with E-state index in [1.54, 1.807) is 0 Å². The highest BCUT2D eigenvalue weighted by Crippen LogP contribution is 2.53. The van der Waals surface area contributed by atoms with Gasteiger partial charge in [-0.2, -0.15) is 0 Å². The van der Waals surface area contributed by atoms with E-state index in [2.05, 4.69) is 152 Å². The third-order valence-corrected chi connectivity index (χ3v) is 9.17. The smallest absolute Gasteiger partial charge is 0.194 e. The van der Waals surface area contributed by atoms with Crippen LogP contribution in [0.15, 0.2) is 97.1 Å². The van der Waals surface area contributed by atoms with Gasteiger partial charge in [-0.25, -0.2) is 0 Å². The minimum atomic E-state index is 0.0456. The molecule has 0 amide bonds. The number of nitrogens with zero attached hydrogens (tertiary/aromatic N) is 1. The van der Waals surface area contributed by atoms with E-state index in [0.717, 1.165) is 61.3 Å². The molecule has 2 heteroatoms. The fraction of sp³-hybridized carbons (Fsp3) is 0.262. The van der Waals surface area contributed by atoms with Gasteiger partial charge in [0.1, 0.15) is 0 Å². The fourth-order valence-corrected chi connectivity index (χ4v) is 6.62. The topological polar surface area (TPSA) is 20.3 Å². The van der Waals surface area contributed by atoms with E-state index in [1.165, 1.54) is 16.7 Å². The standard InChI is InChI=1S/C42H43NO/c1-26-35(28-18-24-32(25-19-28)43(8)9)37(29-16-22-31(23-17-29)42(5,6)7)38-33-12-10-11-13-34(33)40(44)39(38)36(26)27-14-20-30(21-15-27)41(2,3)4/h10-25H,1-9H3. The van der Waals surface area contributed by atoms with Crippen molar-refractivity contribution < 1.29 is 4.79 Å². The van der Waals surface area contributed by atoms with Gasteiger partial charge in [-0.1, -0.05) is 126 Å². The largest absolute Gasteiger partial charge is 0.378 e. The zero-order valence-electron chi connectivity index (χ0n) is 27.6. The molecule has 1 aliphatic carbocycles. The van der Waals surface area contributed by atoms with E-state index in [1.807, 2.05) is 12.1 Å². The van der Waals surface area contributed by atoms with Gasteiger partial charge < -0.3 is 4.90 Å². The number of fused-ring (bicyclic) bond motifs is 3. The number of ketones is 1. The van der Waals surface area contributed by atoms with Gasteiger partial charge in [0.05, 0.1) is 0 Å². The molecule has 6 rings (SSSR count). The molecule has 1 aliphatic rings. The summed E-state index contributed by atoms with van der Waals surface area (Å²) in [6.45, 7) is 15.6. The number of rotatable bonds is 4. The zero-order chi connectivity index (χ0) is 31.6. The Labute approximate surface area is 263 Å². The molecular formula is C42H43NO. The van der Waals surface area contributed by atoms with Crippen LogP contribution in [-0.2, 0) is 10.8 Å². The van der Waals surface area contributed by atoms with Crippen molar-refractivity contribution in [3.63, 3.8) is 0 Å². The van der Waals surface area contributed by atoms with Crippen LogP contribution in [0, 0.1) is 6.92 Å². The Morgan fingerprint density at radius 1 is 0.477 bits per heavy atom. The fourth-order valence-electron chi connectivity index (χ4n) is 6.62. The predicted molar refractivity (Wildman–Crippen MR) is 188 cm³/mol. The maximum atomic E-state index is 14.4. The van der Waals surface area contributed by atoms with Crippen LogP contribution < -0.4 is 4.90 Å². The first-order chi connectivity index (χ1) is 20.8. The van der Waals surface area contributed by atoms with E-state index in [4.69, 9.17) is 0 Å². The van der Waals surface area contributed by atoms with E-state index >= 15 is 0 Å². The van der Waals surface area contributed by atoms with E-state index in [0.29, 0.717) is 0 Å². The summed E-state index contributed by atoms with van der Waals surface area (Å²) in [6.07, 6.45) is 0. The van der Waals surface area contributed by atoms with Crippen LogP contribution in [0.4, 0.5) is 5.69 Å². The van der Waals surface area contributed by atoms with Crippen molar-refractivity contribution in [2.24, 2.45) is 0 Å². The second-order valence-corrected chi connectivity index (χ2v) is 14.5. The summed E-state index contributed by atoms with van der Waals surface area (Å²) in [5.74, 6) is 0.107. The van der Waals surface area contributed by atoms with Gasteiger partial charge in [-0.05, 0) is 85.5 Å². The molecule has 5 aromatic carbocycles. The summed E-state index contributed by atoms with van der Waals surface area (Å²) >= 11 is 0. The Bertz CT molecular complexity index is 1880. The van der Waals surface area contributed by atoms with Crippen LogP contribution in [-0.4, -0.2) is 19.9 Å². The average Bonchev–Trinajstić information content (AvgIpc) is 3.27. The second-order valence-electron chi connectivity index (χ2n) is 14.5. The molecule has 0 radical (unpaired) electrons. The van der Waals surface area contributed by atoms with Crippen molar-refractivity contribution in [1.82, 2.24) is 0 Å². The van der Waals surface area contributed by atoms with Gasteiger partial charge in [0.15, 0.2) is 5.78 Å². The predicted octanol–water partition coefficient (Wildman–Crippen LogP) is 10.9. The number of hydrogen-bond donors (Lipinski definition) is 0. The molecule has 222 valence electrons. The normalized spacial score (nSPS) is 12.7. The summed E-state index contributed by atoms with van der Waals surface area (Å²) in [5, 5.41) is 0. The Morgan fingerprint density at radius 2 is 0.886 bits per heavy atom. The van der Waals surface area contributed by atoms with Crippen LogP contribution >= 0.6 is 0 Å². The molecule has 0 aromatic heterocycles. The molecule has 0 aliphatic heterocycles. The average molecular weight is 578 g/mol. The van der Waals surface area contributed by atoms with Gasteiger partial charge in [0.25, 0.3) is 0 Å². The third kappa shape index (κ3) is 4.97. The number of carbonyl (C=O) groups is 1. The maximum Gasteiger partial charge on any atom is 0.194 e. The first kappa shape index (κ1) is 29.6. The van der Waals surface area contributed by atoms with Gasteiger partial charge in [0, 0.05) is 36.5 Å². The molecule has 2 nitrogen and oxygen atoms in total. The van der Waals surface area contributed by atoms with Crippen molar-refractivity contribution >= 4 is 11.5 Å². The molecule has 0 N–H and O–H groups in total. The number of carbonyl (C=O) groups excluding carboxylic acids is 1. The summed E-state index contributed by atoms with van der Waals surface area (Å²) < 4.78 is 0. The quantitative estimate of drug-likeness (QED) is 0.208. The van der Waals surface area contributed by atoms with Crippen molar-refractivity contribution in [3.05, 3.63) is 125 Å². The molecule has 0 heterocycles. The monoisotopic (exact) mass is 577 g/mol. The molecule has 0 saturated heterocycles. The van der Waals surface area contributed by atoms with Crippen molar-refractivity contribution in [1.29, 1.82) is 0 Å². The summed E-state index contributed by atoms with van der Waals surface area (Å²) in [7, 11) is 4.14. The molecule has 0 bridgehead atoms. The lowest BCUT2D eigenvalue weighted by atomic mass is 9.78. The van der Waals surface area contributed by atoms with Crippen molar-refractivity contribution in [3.8, 4) is 44.5 Å². The highest BCUT2D eigenvalue weighted by molar-refractivity contribution is 6.28. The number of hydrogen-bond acceptors (Lipinski definition) is 2. The lowest BCUT2D eigenvalue weighted by Gasteiger charge is -2.25. The second kappa shape index (κ2) is 10.6. The summed E-state index contributed by atoms with van der Waals surface area (Å²) in [6, 6.07) is 34.8. The zero-order valence-corrected chi connectivity index (χ0v) is 27.6. The first-order valence-corrected chi connectivity index (χ1v) is 15.6. The highest BCUT2D eigenvalue weighted by Gasteiger charge is 2.35. The lowest BCUT2D eigenvalue weighted by Crippen LogP contribution is -2.11. The van der Waals surface area contributed by atoms with Crippen LogP contribution in [0.5, 0.6) is 0 Å². The Kier molecular flexibility index (Phi) is 7.16.